The first-order valence-electron chi connectivity index (χ1n) is 7.40. The Labute approximate surface area is 115 Å². The average Bonchev–Trinajstić information content (AvgIpc) is 2.42. The standard InChI is InChI=1S/C16H24N2O/c1-11-10-19-16(12(2)18-11)8-15-7-13-5-3-4-6-14(13)9-17-15/h3-6,11-12,15-18H,7-10H2,1-2H3/t11-,12-,15-,16?/m0/s1. The molecular formula is C16H24N2O. The highest BCUT2D eigenvalue weighted by atomic mass is 16.5. The van der Waals surface area contributed by atoms with Gasteiger partial charge in [0, 0.05) is 24.7 Å². The first-order chi connectivity index (χ1) is 9.22. The molecule has 0 saturated carbocycles. The van der Waals surface area contributed by atoms with Gasteiger partial charge in [0.25, 0.3) is 0 Å². The Morgan fingerprint density at radius 2 is 2.00 bits per heavy atom. The van der Waals surface area contributed by atoms with Crippen LogP contribution < -0.4 is 10.6 Å². The van der Waals surface area contributed by atoms with E-state index in [2.05, 4.69) is 48.7 Å². The Bertz CT molecular complexity index is 435. The highest BCUT2D eigenvalue weighted by molar-refractivity contribution is 5.29. The monoisotopic (exact) mass is 260 g/mol. The van der Waals surface area contributed by atoms with E-state index in [0.717, 1.165) is 26.0 Å². The predicted molar refractivity (Wildman–Crippen MR) is 77.2 cm³/mol. The molecule has 0 amide bonds. The zero-order valence-electron chi connectivity index (χ0n) is 11.9. The van der Waals surface area contributed by atoms with Gasteiger partial charge in [-0.05, 0) is 37.8 Å². The third kappa shape index (κ3) is 2.99. The molecule has 1 saturated heterocycles. The molecule has 19 heavy (non-hydrogen) atoms. The van der Waals surface area contributed by atoms with Crippen LogP contribution in [0.25, 0.3) is 0 Å². The first kappa shape index (κ1) is 13.1. The number of hydrogen-bond acceptors (Lipinski definition) is 3. The zero-order valence-corrected chi connectivity index (χ0v) is 11.9. The molecule has 2 aliphatic rings. The number of ether oxygens (including phenoxy) is 1. The average molecular weight is 260 g/mol. The van der Waals surface area contributed by atoms with Crippen LogP contribution in [0.4, 0.5) is 0 Å². The second kappa shape index (κ2) is 5.61. The third-order valence-corrected chi connectivity index (χ3v) is 4.35. The van der Waals surface area contributed by atoms with Crippen LogP contribution in [0, 0.1) is 0 Å². The van der Waals surface area contributed by atoms with Gasteiger partial charge in [0.2, 0.25) is 0 Å². The fraction of sp³-hybridized carbons (Fsp3) is 0.625. The van der Waals surface area contributed by atoms with Crippen LogP contribution in [0.5, 0.6) is 0 Å². The Balaban J connectivity index is 1.60. The van der Waals surface area contributed by atoms with Crippen LogP contribution >= 0.6 is 0 Å². The summed E-state index contributed by atoms with van der Waals surface area (Å²) < 4.78 is 5.99. The van der Waals surface area contributed by atoms with Gasteiger partial charge in [-0.2, -0.15) is 0 Å². The summed E-state index contributed by atoms with van der Waals surface area (Å²) in [7, 11) is 0. The number of rotatable bonds is 2. The van der Waals surface area contributed by atoms with Gasteiger partial charge in [-0.25, -0.2) is 0 Å². The van der Waals surface area contributed by atoms with E-state index in [1.165, 1.54) is 11.1 Å². The van der Waals surface area contributed by atoms with Crippen LogP contribution in [0.3, 0.4) is 0 Å². The molecule has 0 bridgehead atoms. The molecule has 3 rings (SSSR count). The van der Waals surface area contributed by atoms with Crippen LogP contribution in [0.15, 0.2) is 24.3 Å². The number of fused-ring (bicyclic) bond motifs is 1. The minimum absolute atomic E-state index is 0.332. The van der Waals surface area contributed by atoms with Crippen molar-refractivity contribution in [2.24, 2.45) is 0 Å². The van der Waals surface area contributed by atoms with Crippen molar-refractivity contribution in [2.45, 2.75) is 57.5 Å². The van der Waals surface area contributed by atoms with Gasteiger partial charge < -0.3 is 15.4 Å². The highest BCUT2D eigenvalue weighted by Crippen LogP contribution is 2.21. The molecule has 1 aromatic carbocycles. The molecule has 1 fully saturated rings. The van der Waals surface area contributed by atoms with Gasteiger partial charge in [-0.3, -0.25) is 0 Å². The van der Waals surface area contributed by atoms with E-state index in [9.17, 15) is 0 Å². The molecule has 3 heteroatoms. The van der Waals surface area contributed by atoms with Crippen LogP contribution in [-0.2, 0) is 17.7 Å². The number of nitrogens with one attached hydrogen (secondary N) is 2. The molecule has 0 radical (unpaired) electrons. The Kier molecular flexibility index (Phi) is 3.87. The van der Waals surface area contributed by atoms with Gasteiger partial charge in [0.05, 0.1) is 12.7 Å². The number of morpholine rings is 1. The molecule has 0 aromatic heterocycles. The zero-order chi connectivity index (χ0) is 13.2. The van der Waals surface area contributed by atoms with Gasteiger partial charge in [-0.1, -0.05) is 24.3 Å². The van der Waals surface area contributed by atoms with E-state index in [-0.39, 0.29) is 0 Å². The molecule has 2 N–H and O–H groups in total. The largest absolute Gasteiger partial charge is 0.375 e. The smallest absolute Gasteiger partial charge is 0.0741 e. The second-order valence-electron chi connectivity index (χ2n) is 6.01. The van der Waals surface area contributed by atoms with Gasteiger partial charge >= 0.3 is 0 Å². The maximum absolute atomic E-state index is 5.99. The first-order valence-corrected chi connectivity index (χ1v) is 7.40. The molecule has 0 spiro atoms. The minimum Gasteiger partial charge on any atom is -0.375 e. The van der Waals surface area contributed by atoms with Gasteiger partial charge in [0.15, 0.2) is 0 Å². The van der Waals surface area contributed by atoms with Crippen molar-refractivity contribution in [1.82, 2.24) is 10.6 Å². The summed E-state index contributed by atoms with van der Waals surface area (Å²) in [6.45, 7) is 6.24. The van der Waals surface area contributed by atoms with Crippen molar-refractivity contribution in [1.29, 1.82) is 0 Å². The molecule has 0 aliphatic carbocycles. The Morgan fingerprint density at radius 3 is 2.79 bits per heavy atom. The van der Waals surface area contributed by atoms with Crippen molar-refractivity contribution in [3.8, 4) is 0 Å². The van der Waals surface area contributed by atoms with Crippen molar-refractivity contribution in [3.05, 3.63) is 35.4 Å². The fourth-order valence-corrected chi connectivity index (χ4v) is 3.26. The highest BCUT2D eigenvalue weighted by Gasteiger charge is 2.29. The molecule has 104 valence electrons. The van der Waals surface area contributed by atoms with Gasteiger partial charge in [0.1, 0.15) is 0 Å². The molecule has 2 heterocycles. The second-order valence-corrected chi connectivity index (χ2v) is 6.01. The van der Waals surface area contributed by atoms with Crippen molar-refractivity contribution < 1.29 is 4.74 Å². The summed E-state index contributed by atoms with van der Waals surface area (Å²) in [5.74, 6) is 0. The van der Waals surface area contributed by atoms with E-state index >= 15 is 0 Å². The summed E-state index contributed by atoms with van der Waals surface area (Å²) in [4.78, 5) is 0. The van der Waals surface area contributed by atoms with E-state index in [0.29, 0.717) is 24.2 Å². The summed E-state index contributed by atoms with van der Waals surface area (Å²) >= 11 is 0. The molecule has 1 unspecified atom stereocenters. The lowest BCUT2D eigenvalue weighted by Crippen LogP contribution is -2.53. The Hall–Kier alpha value is -0.900. The molecule has 2 aliphatic heterocycles. The third-order valence-electron chi connectivity index (χ3n) is 4.35. The normalized spacial score (nSPS) is 34.8. The molecule has 1 aromatic rings. The number of benzene rings is 1. The number of hydrogen-bond donors (Lipinski definition) is 2. The Morgan fingerprint density at radius 1 is 1.21 bits per heavy atom. The lowest BCUT2D eigenvalue weighted by molar-refractivity contribution is -0.0284. The SMILES string of the molecule is C[C@@H]1N[C@@H](C)COC1C[C@@H]1Cc2ccccc2CN1. The van der Waals surface area contributed by atoms with E-state index in [1.54, 1.807) is 0 Å². The van der Waals surface area contributed by atoms with E-state index in [4.69, 9.17) is 4.74 Å². The quantitative estimate of drug-likeness (QED) is 0.851. The maximum atomic E-state index is 5.99. The summed E-state index contributed by atoms with van der Waals surface area (Å²) in [6.07, 6.45) is 2.55. The molecule has 3 nitrogen and oxygen atoms in total. The van der Waals surface area contributed by atoms with Crippen LogP contribution in [0.1, 0.15) is 31.4 Å². The fourth-order valence-electron chi connectivity index (χ4n) is 3.26. The lowest BCUT2D eigenvalue weighted by Gasteiger charge is -2.37. The summed E-state index contributed by atoms with van der Waals surface area (Å²) in [6, 6.07) is 10.2. The van der Waals surface area contributed by atoms with Crippen LogP contribution in [0.2, 0.25) is 0 Å². The topological polar surface area (TPSA) is 33.3 Å². The molecule has 4 atom stereocenters. The van der Waals surface area contributed by atoms with Gasteiger partial charge in [-0.15, -0.1) is 0 Å². The summed E-state index contributed by atoms with van der Waals surface area (Å²) in [5, 5.41) is 7.23. The van der Waals surface area contributed by atoms with E-state index in [1.807, 2.05) is 0 Å². The lowest BCUT2D eigenvalue weighted by atomic mass is 9.91. The van der Waals surface area contributed by atoms with Crippen LogP contribution in [-0.4, -0.2) is 30.8 Å². The minimum atomic E-state index is 0.332. The molecular weight excluding hydrogens is 236 g/mol. The van der Waals surface area contributed by atoms with Crippen molar-refractivity contribution in [2.75, 3.05) is 6.61 Å². The predicted octanol–water partition coefficient (Wildman–Crippen LogP) is 1.86. The van der Waals surface area contributed by atoms with E-state index < -0.39 is 0 Å². The summed E-state index contributed by atoms with van der Waals surface area (Å²) in [5.41, 5.74) is 2.94. The van der Waals surface area contributed by atoms with Crippen molar-refractivity contribution in [3.63, 3.8) is 0 Å². The maximum Gasteiger partial charge on any atom is 0.0741 e. The van der Waals surface area contributed by atoms with Crippen molar-refractivity contribution >= 4 is 0 Å².